The quantitative estimate of drug-likeness (QED) is 0.0372. The molecule has 0 bridgehead atoms. The van der Waals surface area contributed by atoms with Gasteiger partial charge >= 0.3 is 24.2 Å². The fourth-order valence-electron chi connectivity index (χ4n) is 14.5. The minimum atomic E-state index is -0.384. The van der Waals surface area contributed by atoms with Gasteiger partial charge in [-0.15, -0.1) is 0 Å². The molecule has 3 aliphatic rings. The molecule has 2 unspecified atom stereocenters. The van der Waals surface area contributed by atoms with Crippen molar-refractivity contribution in [3.05, 3.63) is 275 Å². The van der Waals surface area contributed by atoms with Gasteiger partial charge in [-0.3, -0.25) is 24.3 Å². The molecule has 3 aliphatic carbocycles. The largest absolute Gasteiger partial charge is 0.469 e. The third kappa shape index (κ3) is 19.2. The summed E-state index contributed by atoms with van der Waals surface area (Å²) in [6.07, 6.45) is 28.8. The van der Waals surface area contributed by atoms with E-state index in [1.807, 2.05) is 130 Å². The number of allylic oxidation sites excluding steroid dienone is 1. The van der Waals surface area contributed by atoms with Gasteiger partial charge in [-0.25, -0.2) is 39.3 Å². The summed E-state index contributed by atoms with van der Waals surface area (Å²) in [5.41, 5.74) is 22.2. The number of hydrogen-bond acceptors (Lipinski definition) is 14. The maximum atomic E-state index is 12.1. The van der Waals surface area contributed by atoms with E-state index in [-0.39, 0.29) is 36.6 Å². The van der Waals surface area contributed by atoms with Crippen LogP contribution in [0.1, 0.15) is 144 Å². The fraction of sp³-hybridized carbons (Fsp3) is 0.287. The number of ether oxygens (including phenoxy) is 4. The molecule has 23 heteroatoms. The number of hydrogen-bond donors (Lipinski definition) is 5. The number of methoxy groups -OCH3 is 4. The van der Waals surface area contributed by atoms with E-state index < -0.39 is 0 Å². The van der Waals surface area contributed by atoms with Crippen molar-refractivity contribution in [1.29, 1.82) is 0 Å². The Labute approximate surface area is 641 Å². The number of aromatic amines is 5. The molecule has 0 saturated carbocycles. The second-order valence-electron chi connectivity index (χ2n) is 26.9. The van der Waals surface area contributed by atoms with E-state index in [0.29, 0.717) is 31.3 Å². The Hall–Kier alpha value is -12.7. The van der Waals surface area contributed by atoms with Crippen LogP contribution < -0.4 is 19.6 Å². The number of benzene rings is 7. The first-order valence-electron chi connectivity index (χ1n) is 37.2. The smallest absolute Gasteiger partial charge is 0.413 e. The Bertz CT molecular complexity index is 5000. The number of nitrogens with zero attached hydrogens (tertiary/aromatic N) is 9. The Morgan fingerprint density at radius 1 is 0.500 bits per heavy atom. The molecule has 0 radical (unpaired) electrons. The van der Waals surface area contributed by atoms with Gasteiger partial charge in [-0.05, 0) is 222 Å². The van der Waals surface area contributed by atoms with E-state index in [0.717, 1.165) is 142 Å². The number of esters is 1. The molecule has 15 rings (SSSR count). The molecule has 5 aromatic heterocycles. The van der Waals surface area contributed by atoms with Crippen LogP contribution in [-0.2, 0) is 73.5 Å². The number of rotatable bonds is 19. The summed E-state index contributed by atoms with van der Waals surface area (Å²) in [6.45, 7) is 13.9. The van der Waals surface area contributed by atoms with Crippen LogP contribution in [0.4, 0.5) is 37.1 Å². The zero-order valence-corrected chi connectivity index (χ0v) is 63.9. The van der Waals surface area contributed by atoms with Crippen molar-refractivity contribution < 1.29 is 42.9 Å². The van der Waals surface area contributed by atoms with E-state index in [9.17, 15) is 24.0 Å². The van der Waals surface area contributed by atoms with Crippen LogP contribution in [0.15, 0.2) is 197 Å². The molecule has 23 nitrogen and oxygen atoms in total. The van der Waals surface area contributed by atoms with Crippen molar-refractivity contribution in [2.75, 3.05) is 74.7 Å². The second-order valence-corrected chi connectivity index (χ2v) is 26.9. The lowest BCUT2D eigenvalue weighted by atomic mass is 9.95. The maximum absolute atomic E-state index is 12.1. The van der Waals surface area contributed by atoms with Gasteiger partial charge in [0.05, 0.1) is 90.3 Å². The number of aromatic nitrogens is 10. The number of fused-ring (bicyclic) bond motifs is 5. The summed E-state index contributed by atoms with van der Waals surface area (Å²) in [4.78, 5) is 102. The summed E-state index contributed by atoms with van der Waals surface area (Å²) in [5, 5.41) is 4.42. The van der Waals surface area contributed by atoms with Crippen molar-refractivity contribution in [3.63, 3.8) is 0 Å². The number of imidazole rings is 5. The highest BCUT2D eigenvalue weighted by atomic mass is 16.6. The van der Waals surface area contributed by atoms with Gasteiger partial charge in [0.25, 0.3) is 0 Å². The first-order valence-corrected chi connectivity index (χ1v) is 37.2. The lowest BCUT2D eigenvalue weighted by Crippen LogP contribution is -2.30. The van der Waals surface area contributed by atoms with Gasteiger partial charge in [-0.2, -0.15) is 0 Å². The number of anilines is 4. The van der Waals surface area contributed by atoms with Gasteiger partial charge in [0.15, 0.2) is 0 Å². The van der Waals surface area contributed by atoms with Gasteiger partial charge < -0.3 is 48.8 Å². The van der Waals surface area contributed by atoms with E-state index in [4.69, 9.17) is 18.9 Å². The Kier molecular flexibility index (Phi) is 26.9. The highest BCUT2D eigenvalue weighted by molar-refractivity contribution is 5.98. The number of amides is 4. The Morgan fingerprint density at radius 2 is 1.03 bits per heavy atom. The van der Waals surface area contributed by atoms with Crippen LogP contribution >= 0.6 is 0 Å². The number of H-pyrrole nitrogens is 5. The number of carbonyl (C=O) groups excluding carboxylic acids is 5. The predicted molar refractivity (Wildman–Crippen MR) is 433 cm³/mol. The van der Waals surface area contributed by atoms with Crippen molar-refractivity contribution in [1.82, 2.24) is 49.8 Å². The van der Waals surface area contributed by atoms with Gasteiger partial charge in [0.1, 0.15) is 0 Å². The summed E-state index contributed by atoms with van der Waals surface area (Å²) < 4.78 is 19.2. The van der Waals surface area contributed by atoms with Crippen molar-refractivity contribution in [2.45, 2.75) is 110 Å². The molecule has 0 spiro atoms. The highest BCUT2D eigenvalue weighted by Gasteiger charge is 2.28. The number of aryl methyl sites for hydroxylation is 3. The fourth-order valence-corrected chi connectivity index (χ4v) is 14.5. The molecule has 12 aromatic rings. The second kappa shape index (κ2) is 37.7. The number of carbonyl (C=O) groups is 5. The summed E-state index contributed by atoms with van der Waals surface area (Å²) in [6, 6.07) is 43.1. The number of nitrogens with one attached hydrogen (secondary N) is 5. The Balaban J connectivity index is 0.000000136. The lowest BCUT2D eigenvalue weighted by Gasteiger charge is -2.22. The zero-order valence-electron chi connectivity index (χ0n) is 63.9. The van der Waals surface area contributed by atoms with Crippen LogP contribution in [0, 0.1) is 0 Å². The minimum absolute atomic E-state index is 0.186. The zero-order chi connectivity index (χ0) is 77.6. The normalized spacial score (nSPS) is 13.8. The molecule has 0 fully saturated rings. The van der Waals surface area contributed by atoms with E-state index >= 15 is 0 Å². The van der Waals surface area contributed by atoms with E-state index in [2.05, 4.69) is 117 Å². The van der Waals surface area contributed by atoms with Gasteiger partial charge in [0, 0.05) is 104 Å². The monoisotopic (exact) mass is 1480 g/mol. The highest BCUT2D eigenvalue weighted by Crippen LogP contribution is 2.41. The molecule has 4 amide bonds. The first kappa shape index (κ1) is 78.4. The van der Waals surface area contributed by atoms with Crippen LogP contribution in [0.25, 0.3) is 38.8 Å². The topological polar surface area (TPSA) is 279 Å². The van der Waals surface area contributed by atoms with E-state index in [1.165, 1.54) is 90.0 Å². The van der Waals surface area contributed by atoms with Gasteiger partial charge in [0.2, 0.25) is 5.91 Å². The van der Waals surface area contributed by atoms with Crippen LogP contribution in [0.5, 0.6) is 0 Å². The molecule has 0 aliphatic heterocycles. The summed E-state index contributed by atoms with van der Waals surface area (Å²) in [7, 11) is 7.30. The SMILES string of the molecule is C=C(c1cnc[nH]1)c1cccc2ccc(CC(=O)OC)cc12.CCC(=O)N(CC)c1ccc2c(c1)C(Cc1cnc[nH]1)CC2.CCN(C(=O)OC)c1ccc2c(c1)/C(=C\c1cnc[nH]1)CC2.CCN(C(=O)OC)c1ccc2c(c1)C(Cc1cnc[nH]1)CC2.COC(=O)N(C)c1ccc2cccc(Cc3cnc[nH]3)c2c1. The summed E-state index contributed by atoms with van der Waals surface area (Å²) >= 11 is 0. The third-order valence-electron chi connectivity index (χ3n) is 20.3. The van der Waals surface area contributed by atoms with Crippen molar-refractivity contribution in [3.8, 4) is 0 Å². The molecular weight excluding hydrogens is 1390 g/mol. The minimum Gasteiger partial charge on any atom is -0.469 e. The average molecular weight is 1480 g/mol. The molecular formula is C87H96N14O9. The molecule has 2 atom stereocenters. The summed E-state index contributed by atoms with van der Waals surface area (Å²) in [5.74, 6) is 0.937. The Morgan fingerprint density at radius 3 is 1.57 bits per heavy atom. The van der Waals surface area contributed by atoms with Crippen molar-refractivity contribution >= 4 is 91.7 Å². The molecule has 110 heavy (non-hydrogen) atoms. The average Bonchev–Trinajstić information content (AvgIpc) is 1.56. The van der Waals surface area contributed by atoms with Crippen LogP contribution in [0.2, 0.25) is 0 Å². The molecule has 0 saturated heterocycles. The lowest BCUT2D eigenvalue weighted by molar-refractivity contribution is -0.139. The van der Waals surface area contributed by atoms with Gasteiger partial charge in [-0.1, -0.05) is 86.3 Å². The first-order chi connectivity index (χ1) is 53.5. The van der Waals surface area contributed by atoms with E-state index in [1.54, 1.807) is 54.7 Å². The van der Waals surface area contributed by atoms with Crippen LogP contribution in [0.3, 0.4) is 0 Å². The molecule has 5 N–H and O–H groups in total. The maximum Gasteiger partial charge on any atom is 0.413 e. The molecule has 568 valence electrons. The predicted octanol–water partition coefficient (Wildman–Crippen LogP) is 16.9. The molecule has 7 aromatic carbocycles. The van der Waals surface area contributed by atoms with Crippen molar-refractivity contribution in [2.24, 2.45) is 0 Å². The van der Waals surface area contributed by atoms with Crippen LogP contribution in [-0.4, -0.2) is 135 Å². The molecule has 5 heterocycles. The standard InChI is InChI=1S/C18H23N3O.C18H16N2O2.C17H17N3O2.C17H21N3O2.C17H19N3O2/c1-3-18(22)21(4-2)16-8-7-13-5-6-14(17(13)10-16)9-15-11-19-12-20-15;1-12(17-10-19-11-20-17)15-5-3-4-14-7-6-13(8-16(14)15)9-18(21)22-2;1-20(17(21)22-2)15-7-6-12-4-3-5-13(16(12)9-15)8-14-10-18-11-19-14;2*1-3-20(17(21)22-2)15-7-6-12-4-5-13(16(12)9-15)8-14-10-18-11-19-14/h7-8,10-12,14H,3-6,9H2,1-2H3,(H,19,20);3-8,10-11H,1,9H2,2H3,(H,19,20);3-7,9-11H,8H2,1-2H3,(H,18,19);6-7,9-11,13H,3-5,8H2,1-2H3,(H,18,19);6-11H,3-5H2,1-2H3,(H,18,19)/b;;;;13-8-. The third-order valence-corrected chi connectivity index (χ3v) is 20.3.